The van der Waals surface area contributed by atoms with Crippen molar-refractivity contribution in [1.82, 2.24) is 0 Å². The van der Waals surface area contributed by atoms with Crippen molar-refractivity contribution in [1.29, 1.82) is 0 Å². The van der Waals surface area contributed by atoms with Crippen LogP contribution in [-0.4, -0.2) is 50.5 Å². The van der Waals surface area contributed by atoms with Gasteiger partial charge >= 0.3 is 12.1 Å². The number of carbonyl (C=O) groups excluding carboxylic acids is 2. The van der Waals surface area contributed by atoms with Gasteiger partial charge in [0.1, 0.15) is 12.7 Å². The van der Waals surface area contributed by atoms with E-state index in [-0.39, 0.29) is 13.2 Å². The second-order valence-electron chi connectivity index (χ2n) is 5.98. The van der Waals surface area contributed by atoms with Crippen molar-refractivity contribution in [2.45, 2.75) is 38.2 Å². The number of hydrogen-bond acceptors (Lipinski definition) is 7. The Morgan fingerprint density at radius 3 is 2.59 bits per heavy atom. The van der Waals surface area contributed by atoms with E-state index in [0.29, 0.717) is 0 Å². The molecule has 2 rings (SSSR count). The summed E-state index contributed by atoms with van der Waals surface area (Å²) in [5.74, 6) is -1.36. The molecule has 7 nitrogen and oxygen atoms in total. The lowest BCUT2D eigenvalue weighted by molar-refractivity contribution is -0.254. The molecule has 148 valence electrons. The predicted octanol–water partition coefficient (Wildman–Crippen LogP) is 2.78. The van der Waals surface area contributed by atoms with Gasteiger partial charge < -0.3 is 23.7 Å². The van der Waals surface area contributed by atoms with E-state index >= 15 is 0 Å². The quantitative estimate of drug-likeness (QED) is 0.530. The second kappa shape index (κ2) is 10.0. The monoisotopic (exact) mass is 382 g/mol. The molecule has 0 aromatic heterocycles. The van der Waals surface area contributed by atoms with E-state index < -0.39 is 42.7 Å². The number of ether oxygens (including phenoxy) is 5. The Labute approximate surface area is 157 Å². The van der Waals surface area contributed by atoms with E-state index in [1.54, 1.807) is 6.92 Å². The highest BCUT2D eigenvalue weighted by Gasteiger charge is 2.50. The van der Waals surface area contributed by atoms with Gasteiger partial charge in [0.2, 0.25) is 6.36 Å². The van der Waals surface area contributed by atoms with Gasteiger partial charge in [0.15, 0.2) is 12.2 Å². The van der Waals surface area contributed by atoms with Gasteiger partial charge in [-0.2, -0.15) is 0 Å². The van der Waals surface area contributed by atoms with Crippen LogP contribution in [-0.2, 0) is 35.1 Å². The van der Waals surface area contributed by atoms with Crippen molar-refractivity contribution in [3.05, 3.63) is 48.6 Å². The standard InChI is InChI=1S/C19H23FO7/c1-4-10-24-19(22)27-16-14(25-11-13-8-6-5-7-9-13)12(2)15(18(21)23-3)26-17(16)20/h4-9,12,14-17H,1,10-11H2,2-3H3/t12-,14+,15?,16?,17-/m1/s1. The minimum absolute atomic E-state index is 0.0841. The number of esters is 1. The lowest BCUT2D eigenvalue weighted by Gasteiger charge is -2.40. The Kier molecular flexibility index (Phi) is 7.75. The Balaban J connectivity index is 2.15. The zero-order valence-electron chi connectivity index (χ0n) is 15.2. The lowest BCUT2D eigenvalue weighted by atomic mass is 9.90. The molecule has 0 aliphatic carbocycles. The molecule has 0 bridgehead atoms. The second-order valence-corrected chi connectivity index (χ2v) is 5.98. The fourth-order valence-corrected chi connectivity index (χ4v) is 2.75. The van der Waals surface area contributed by atoms with Crippen molar-refractivity contribution in [3.63, 3.8) is 0 Å². The minimum atomic E-state index is -2.08. The van der Waals surface area contributed by atoms with E-state index in [9.17, 15) is 14.0 Å². The van der Waals surface area contributed by atoms with E-state index in [2.05, 4.69) is 11.3 Å². The summed E-state index contributed by atoms with van der Waals surface area (Å²) in [6.07, 6.45) is -5.35. The minimum Gasteiger partial charge on any atom is -0.467 e. The molecule has 1 aliphatic heterocycles. The van der Waals surface area contributed by atoms with Gasteiger partial charge in [-0.1, -0.05) is 49.9 Å². The average Bonchev–Trinajstić information content (AvgIpc) is 2.68. The molecule has 0 spiro atoms. The van der Waals surface area contributed by atoms with Crippen LogP contribution in [0.5, 0.6) is 0 Å². The van der Waals surface area contributed by atoms with Gasteiger partial charge in [0, 0.05) is 5.92 Å². The molecular formula is C19H23FO7. The zero-order valence-corrected chi connectivity index (χ0v) is 15.2. The number of alkyl halides is 1. The van der Waals surface area contributed by atoms with Crippen molar-refractivity contribution in [2.75, 3.05) is 13.7 Å². The molecule has 0 radical (unpaired) electrons. The first-order valence-electron chi connectivity index (χ1n) is 8.45. The number of rotatable bonds is 7. The molecule has 5 atom stereocenters. The molecule has 0 N–H and O–H groups in total. The number of hydrogen-bond donors (Lipinski definition) is 0. The summed E-state index contributed by atoms with van der Waals surface area (Å²) in [7, 11) is 1.18. The summed E-state index contributed by atoms with van der Waals surface area (Å²) < 4.78 is 39.9. The Morgan fingerprint density at radius 2 is 1.96 bits per heavy atom. The largest absolute Gasteiger partial charge is 0.509 e. The third-order valence-electron chi connectivity index (χ3n) is 4.12. The van der Waals surface area contributed by atoms with Crippen LogP contribution in [0.25, 0.3) is 0 Å². The van der Waals surface area contributed by atoms with Crippen LogP contribution in [0.15, 0.2) is 43.0 Å². The van der Waals surface area contributed by atoms with Gasteiger partial charge in [-0.05, 0) is 5.56 Å². The molecule has 1 aliphatic rings. The van der Waals surface area contributed by atoms with Gasteiger partial charge in [-0.3, -0.25) is 0 Å². The molecule has 1 aromatic rings. The Morgan fingerprint density at radius 1 is 1.26 bits per heavy atom. The van der Waals surface area contributed by atoms with Gasteiger partial charge in [0.25, 0.3) is 0 Å². The van der Waals surface area contributed by atoms with Crippen LogP contribution in [0.3, 0.4) is 0 Å². The first kappa shape index (κ1) is 20.9. The average molecular weight is 382 g/mol. The zero-order chi connectivity index (χ0) is 19.8. The maximum absolute atomic E-state index is 14.6. The number of benzene rings is 1. The normalized spacial score (nSPS) is 27.4. The molecule has 1 aromatic carbocycles. The van der Waals surface area contributed by atoms with Crippen molar-refractivity contribution >= 4 is 12.1 Å². The van der Waals surface area contributed by atoms with Crippen molar-refractivity contribution < 1.29 is 37.7 Å². The van der Waals surface area contributed by atoms with Crippen molar-refractivity contribution in [3.8, 4) is 0 Å². The fourth-order valence-electron chi connectivity index (χ4n) is 2.75. The van der Waals surface area contributed by atoms with Crippen LogP contribution >= 0.6 is 0 Å². The molecule has 0 saturated carbocycles. The molecule has 1 fully saturated rings. The highest BCUT2D eigenvalue weighted by molar-refractivity contribution is 5.75. The molecule has 8 heteroatoms. The van der Waals surface area contributed by atoms with Gasteiger partial charge in [-0.15, -0.1) is 0 Å². The lowest BCUT2D eigenvalue weighted by Crippen LogP contribution is -2.57. The predicted molar refractivity (Wildman–Crippen MR) is 92.4 cm³/mol. The van der Waals surface area contributed by atoms with E-state index in [4.69, 9.17) is 18.9 Å². The van der Waals surface area contributed by atoms with Crippen LogP contribution < -0.4 is 0 Å². The Bertz CT molecular complexity index is 636. The molecule has 27 heavy (non-hydrogen) atoms. The maximum Gasteiger partial charge on any atom is 0.509 e. The van der Waals surface area contributed by atoms with Gasteiger partial charge in [0.05, 0.1) is 13.7 Å². The topological polar surface area (TPSA) is 80.3 Å². The number of methoxy groups -OCH3 is 1. The Hall–Kier alpha value is -2.45. The molecule has 2 unspecified atom stereocenters. The van der Waals surface area contributed by atoms with Crippen LogP contribution in [0.4, 0.5) is 9.18 Å². The SMILES string of the molecule is C=CCOC(=O)OC1[C@H](F)OC(C(=O)OC)[C@H](C)[C@@H]1OCc1ccccc1. The number of halogens is 1. The summed E-state index contributed by atoms with van der Waals surface area (Å²) in [4.78, 5) is 23.7. The molecular weight excluding hydrogens is 359 g/mol. The smallest absolute Gasteiger partial charge is 0.467 e. The number of carbonyl (C=O) groups is 2. The molecule has 1 saturated heterocycles. The van der Waals surface area contributed by atoms with E-state index in [1.165, 1.54) is 13.2 Å². The maximum atomic E-state index is 14.6. The summed E-state index contributed by atoms with van der Waals surface area (Å²) in [6.45, 7) is 5.10. The first-order valence-corrected chi connectivity index (χ1v) is 8.45. The highest BCUT2D eigenvalue weighted by Crippen LogP contribution is 2.32. The fraction of sp³-hybridized carbons (Fsp3) is 0.474. The highest BCUT2D eigenvalue weighted by atomic mass is 19.1. The van der Waals surface area contributed by atoms with E-state index in [0.717, 1.165) is 5.56 Å². The summed E-state index contributed by atoms with van der Waals surface area (Å²) in [5, 5.41) is 0. The summed E-state index contributed by atoms with van der Waals surface area (Å²) in [5.41, 5.74) is 0.842. The first-order chi connectivity index (χ1) is 13.0. The third-order valence-corrected chi connectivity index (χ3v) is 4.12. The van der Waals surface area contributed by atoms with Crippen LogP contribution in [0.1, 0.15) is 12.5 Å². The summed E-state index contributed by atoms with van der Waals surface area (Å²) in [6, 6.07) is 9.20. The van der Waals surface area contributed by atoms with Crippen LogP contribution in [0, 0.1) is 5.92 Å². The van der Waals surface area contributed by atoms with E-state index in [1.807, 2.05) is 30.3 Å². The van der Waals surface area contributed by atoms with Gasteiger partial charge in [-0.25, -0.2) is 14.0 Å². The molecule has 0 amide bonds. The third kappa shape index (κ3) is 5.51. The summed E-state index contributed by atoms with van der Waals surface area (Å²) >= 11 is 0. The molecule has 1 heterocycles. The van der Waals surface area contributed by atoms with Crippen LogP contribution in [0.2, 0.25) is 0 Å². The van der Waals surface area contributed by atoms with Crippen molar-refractivity contribution in [2.24, 2.45) is 5.92 Å².